The smallest absolute Gasteiger partial charge is 0.328 e. The van der Waals surface area contributed by atoms with E-state index in [1.54, 1.807) is 38.1 Å². The number of likely N-dealkylation sites (N-methyl/N-ethyl adjacent to an activating group) is 1. The maximum absolute atomic E-state index is 12.6. The van der Waals surface area contributed by atoms with Gasteiger partial charge in [-0.15, -0.1) is 0 Å². The van der Waals surface area contributed by atoms with Gasteiger partial charge in [-0.05, 0) is 31.5 Å². The maximum atomic E-state index is 12.6. The molecule has 0 aliphatic carbocycles. The molecule has 0 aromatic heterocycles. The Labute approximate surface area is 139 Å². The molecular formula is C16H19N3O5. The molecule has 1 aliphatic heterocycles. The van der Waals surface area contributed by atoms with Crippen LogP contribution in [0.25, 0.3) is 0 Å². The Morgan fingerprint density at radius 3 is 2.38 bits per heavy atom. The summed E-state index contributed by atoms with van der Waals surface area (Å²) in [5.41, 5.74) is -0.214. The van der Waals surface area contributed by atoms with Gasteiger partial charge in [-0.2, -0.15) is 0 Å². The van der Waals surface area contributed by atoms with E-state index in [4.69, 9.17) is 15.3 Å². The molecule has 2 rings (SSSR count). The van der Waals surface area contributed by atoms with Crippen LogP contribution in [-0.4, -0.2) is 58.9 Å². The van der Waals surface area contributed by atoms with Crippen LogP contribution in [0.5, 0.6) is 0 Å². The number of nitrogens with zero attached hydrogens (tertiary/aromatic N) is 2. The van der Waals surface area contributed by atoms with Gasteiger partial charge < -0.3 is 14.7 Å². The van der Waals surface area contributed by atoms with Crippen LogP contribution < -0.4 is 0 Å². The number of benzene rings is 1. The van der Waals surface area contributed by atoms with Crippen LogP contribution in [0.1, 0.15) is 25.0 Å². The van der Waals surface area contributed by atoms with Crippen LogP contribution in [0.4, 0.5) is 4.79 Å². The molecule has 3 amide bonds. The van der Waals surface area contributed by atoms with E-state index in [1.807, 2.05) is 0 Å². The molecular weight excluding hydrogens is 314 g/mol. The summed E-state index contributed by atoms with van der Waals surface area (Å²) in [6, 6.07) is 5.87. The number of carbonyl (C=O) groups is 3. The van der Waals surface area contributed by atoms with Gasteiger partial charge in [0.25, 0.3) is 5.91 Å². The van der Waals surface area contributed by atoms with Gasteiger partial charge in [-0.1, -0.05) is 12.1 Å². The highest BCUT2D eigenvalue weighted by Gasteiger charge is 2.54. The van der Waals surface area contributed by atoms with Crippen molar-refractivity contribution < 1.29 is 24.2 Å². The summed E-state index contributed by atoms with van der Waals surface area (Å²) in [4.78, 5) is 37.7. The third-order valence-corrected chi connectivity index (χ3v) is 4.14. The number of carboxylic acids is 1. The molecule has 0 spiro atoms. The van der Waals surface area contributed by atoms with Crippen molar-refractivity contribution in [3.63, 3.8) is 0 Å². The Hall–Kier alpha value is -2.90. The highest BCUT2D eigenvalue weighted by atomic mass is 16.5. The van der Waals surface area contributed by atoms with Crippen molar-refractivity contribution in [3.05, 3.63) is 35.4 Å². The lowest BCUT2D eigenvalue weighted by Crippen LogP contribution is -2.42. The first kappa shape index (κ1) is 17.5. The Morgan fingerprint density at radius 2 is 1.88 bits per heavy atom. The number of carbonyl (C=O) groups excluding carboxylic acids is 2. The zero-order chi connectivity index (χ0) is 18.1. The molecule has 1 heterocycles. The molecule has 1 saturated heterocycles. The Bertz CT molecular complexity index is 700. The second-order valence-electron chi connectivity index (χ2n) is 5.54. The summed E-state index contributed by atoms with van der Waals surface area (Å²) < 4.78 is 5.12. The van der Waals surface area contributed by atoms with E-state index in [2.05, 4.69) is 0 Å². The molecule has 0 unspecified atom stereocenters. The molecule has 2 N–H and O–H groups in total. The van der Waals surface area contributed by atoms with Crippen molar-refractivity contribution in [3.8, 4) is 0 Å². The lowest BCUT2D eigenvalue weighted by molar-refractivity contribution is -0.143. The third kappa shape index (κ3) is 2.70. The zero-order valence-corrected chi connectivity index (χ0v) is 13.7. The first-order valence-corrected chi connectivity index (χ1v) is 7.37. The number of carboxylic acid groups (broad SMARTS) is 1. The summed E-state index contributed by atoms with van der Waals surface area (Å²) >= 11 is 0. The second-order valence-corrected chi connectivity index (χ2v) is 5.54. The predicted molar refractivity (Wildman–Crippen MR) is 84.8 cm³/mol. The molecule has 1 fully saturated rings. The van der Waals surface area contributed by atoms with Crippen molar-refractivity contribution in [2.24, 2.45) is 0 Å². The largest absolute Gasteiger partial charge is 0.480 e. The molecule has 0 saturated carbocycles. The lowest BCUT2D eigenvalue weighted by atomic mass is 9.90. The molecule has 8 heteroatoms. The zero-order valence-electron chi connectivity index (χ0n) is 13.7. The van der Waals surface area contributed by atoms with Crippen molar-refractivity contribution in [1.82, 2.24) is 9.80 Å². The highest BCUT2D eigenvalue weighted by Crippen LogP contribution is 2.36. The first-order valence-electron chi connectivity index (χ1n) is 7.37. The van der Waals surface area contributed by atoms with Gasteiger partial charge >= 0.3 is 12.0 Å². The number of nitrogens with one attached hydrogen (secondary N) is 1. The number of rotatable bonds is 5. The number of hydrogen-bond acceptors (Lipinski definition) is 5. The summed E-state index contributed by atoms with van der Waals surface area (Å²) in [7, 11) is 1.46. The van der Waals surface area contributed by atoms with Crippen LogP contribution in [0.15, 0.2) is 24.3 Å². The van der Waals surface area contributed by atoms with E-state index in [0.717, 1.165) is 4.90 Å². The van der Waals surface area contributed by atoms with Gasteiger partial charge in [-0.3, -0.25) is 19.9 Å². The van der Waals surface area contributed by atoms with Crippen LogP contribution >= 0.6 is 0 Å². The second kappa shape index (κ2) is 6.31. The fourth-order valence-electron chi connectivity index (χ4n) is 2.63. The van der Waals surface area contributed by atoms with Crippen LogP contribution in [-0.2, 0) is 19.9 Å². The third-order valence-electron chi connectivity index (χ3n) is 4.14. The van der Waals surface area contributed by atoms with Crippen LogP contribution in [0, 0.1) is 5.41 Å². The molecule has 1 aromatic carbocycles. The average Bonchev–Trinajstić information content (AvgIpc) is 2.71. The number of ether oxygens (including phenoxy) is 1. The predicted octanol–water partition coefficient (Wildman–Crippen LogP) is 1.24. The van der Waals surface area contributed by atoms with Gasteiger partial charge in [0.15, 0.2) is 0 Å². The first-order chi connectivity index (χ1) is 11.2. The van der Waals surface area contributed by atoms with Crippen molar-refractivity contribution in [2.45, 2.75) is 19.4 Å². The molecule has 128 valence electrons. The Morgan fingerprint density at radius 1 is 1.29 bits per heavy atom. The quantitative estimate of drug-likeness (QED) is 0.478. The minimum absolute atomic E-state index is 0.0175. The highest BCUT2D eigenvalue weighted by molar-refractivity contribution is 6.08. The SMILES string of the molecule is CCOC(=N)c1ccc([C@@]2(C)C(=O)N(CC(=O)O)C(=O)N2C)cc1. The number of aliphatic carboxylic acids is 1. The Balaban J connectivity index is 2.36. The van der Waals surface area contributed by atoms with Crippen molar-refractivity contribution in [1.29, 1.82) is 5.41 Å². The van der Waals surface area contributed by atoms with Gasteiger partial charge in [-0.25, -0.2) is 4.79 Å². The molecule has 24 heavy (non-hydrogen) atoms. The summed E-state index contributed by atoms with van der Waals surface area (Å²) in [6.07, 6.45) is 0. The normalized spacial score (nSPS) is 20.5. The van der Waals surface area contributed by atoms with E-state index in [0.29, 0.717) is 17.7 Å². The summed E-state index contributed by atoms with van der Waals surface area (Å²) in [5, 5.41) is 16.6. The Kier molecular flexibility index (Phi) is 4.59. The van der Waals surface area contributed by atoms with Crippen molar-refractivity contribution in [2.75, 3.05) is 20.2 Å². The minimum Gasteiger partial charge on any atom is -0.480 e. The van der Waals surface area contributed by atoms with E-state index < -0.39 is 30.0 Å². The van der Waals surface area contributed by atoms with Gasteiger partial charge in [0.05, 0.1) is 6.61 Å². The molecule has 0 radical (unpaired) electrons. The fourth-order valence-corrected chi connectivity index (χ4v) is 2.63. The van der Waals surface area contributed by atoms with Gasteiger partial charge in [0, 0.05) is 12.6 Å². The van der Waals surface area contributed by atoms with Gasteiger partial charge in [0.1, 0.15) is 12.1 Å². The van der Waals surface area contributed by atoms with E-state index in [9.17, 15) is 14.4 Å². The maximum Gasteiger partial charge on any atom is 0.328 e. The molecule has 1 atom stereocenters. The fraction of sp³-hybridized carbons (Fsp3) is 0.375. The molecule has 1 aromatic rings. The minimum atomic E-state index is -1.29. The standard InChI is InChI=1S/C16H19N3O5/c1-4-24-13(17)10-5-7-11(8-6-10)16(2)14(22)19(9-12(20)21)15(23)18(16)3/h5-8,17H,4,9H2,1-3H3,(H,20,21)/t16-/m0/s1. The number of amides is 3. The lowest BCUT2D eigenvalue weighted by Gasteiger charge is -2.29. The monoisotopic (exact) mass is 333 g/mol. The average molecular weight is 333 g/mol. The van der Waals surface area contributed by atoms with E-state index >= 15 is 0 Å². The topological polar surface area (TPSA) is 111 Å². The number of imide groups is 1. The van der Waals surface area contributed by atoms with Crippen LogP contribution in [0.3, 0.4) is 0 Å². The summed E-state index contributed by atoms with van der Waals surface area (Å²) in [6.45, 7) is 3.04. The van der Waals surface area contributed by atoms with Crippen molar-refractivity contribution >= 4 is 23.8 Å². The molecule has 1 aliphatic rings. The summed E-state index contributed by atoms with van der Waals surface area (Å²) in [5.74, 6) is -1.83. The molecule has 8 nitrogen and oxygen atoms in total. The van der Waals surface area contributed by atoms with Gasteiger partial charge in [0.2, 0.25) is 5.90 Å². The number of hydrogen-bond donors (Lipinski definition) is 2. The molecule has 0 bridgehead atoms. The van der Waals surface area contributed by atoms with Crippen LogP contribution in [0.2, 0.25) is 0 Å². The van der Waals surface area contributed by atoms with E-state index in [-0.39, 0.29) is 5.90 Å². The number of urea groups is 1. The van der Waals surface area contributed by atoms with E-state index in [1.165, 1.54) is 11.9 Å².